The van der Waals surface area contributed by atoms with E-state index in [1.807, 2.05) is 6.92 Å². The molecule has 0 amide bonds. The van der Waals surface area contributed by atoms with Crippen LogP contribution in [0.5, 0.6) is 11.5 Å². The molecule has 1 aliphatic heterocycles. The quantitative estimate of drug-likeness (QED) is 0.752. The van der Waals surface area contributed by atoms with E-state index in [9.17, 15) is 13.2 Å². The lowest BCUT2D eigenvalue weighted by molar-refractivity contribution is -0.153. The van der Waals surface area contributed by atoms with E-state index in [2.05, 4.69) is 4.90 Å². The minimum absolute atomic E-state index is 0. The number of hydrogen-bond donors (Lipinski definition) is 1. The fourth-order valence-corrected chi connectivity index (χ4v) is 3.24. The molecule has 1 aliphatic rings. The van der Waals surface area contributed by atoms with Crippen LogP contribution in [0.15, 0.2) is 18.2 Å². The normalized spacial score (nSPS) is 19.5. The van der Waals surface area contributed by atoms with Crippen molar-refractivity contribution in [3.63, 3.8) is 0 Å². The van der Waals surface area contributed by atoms with Gasteiger partial charge in [0.05, 0.1) is 6.61 Å². The van der Waals surface area contributed by atoms with Crippen LogP contribution in [0.4, 0.5) is 13.2 Å². The van der Waals surface area contributed by atoms with Crippen LogP contribution >= 0.6 is 12.4 Å². The Hall–Kier alpha value is -1.18. The predicted molar refractivity (Wildman–Crippen MR) is 98.1 cm³/mol. The molecule has 0 aliphatic carbocycles. The molecular weight excluding hydrogens is 369 g/mol. The van der Waals surface area contributed by atoms with Gasteiger partial charge in [0.1, 0.15) is 0 Å². The summed E-state index contributed by atoms with van der Waals surface area (Å²) in [7, 11) is 0. The molecule has 1 heterocycles. The van der Waals surface area contributed by atoms with Crippen LogP contribution in [0.25, 0.3) is 0 Å². The monoisotopic (exact) mass is 396 g/mol. The Morgan fingerprint density at radius 2 is 1.96 bits per heavy atom. The van der Waals surface area contributed by atoms with Crippen LogP contribution in [-0.2, 0) is 6.54 Å². The summed E-state index contributed by atoms with van der Waals surface area (Å²) in [4.78, 5) is 2.34. The van der Waals surface area contributed by atoms with Crippen LogP contribution in [0.1, 0.15) is 38.7 Å². The summed E-state index contributed by atoms with van der Waals surface area (Å²) in [6.45, 7) is 4.51. The fourth-order valence-electron chi connectivity index (χ4n) is 3.24. The molecule has 150 valence electrons. The summed E-state index contributed by atoms with van der Waals surface area (Å²) >= 11 is 0. The zero-order valence-corrected chi connectivity index (χ0v) is 16.0. The maximum Gasteiger partial charge on any atom is 0.422 e. The molecule has 1 aromatic rings. The predicted octanol–water partition coefficient (Wildman–Crippen LogP) is 4.15. The van der Waals surface area contributed by atoms with E-state index < -0.39 is 12.8 Å². The van der Waals surface area contributed by atoms with Gasteiger partial charge in [0.2, 0.25) is 0 Å². The van der Waals surface area contributed by atoms with E-state index in [-0.39, 0.29) is 24.2 Å². The van der Waals surface area contributed by atoms with Gasteiger partial charge in [0.25, 0.3) is 0 Å². The number of alkyl halides is 3. The Morgan fingerprint density at radius 1 is 1.23 bits per heavy atom. The molecule has 8 heteroatoms. The fraction of sp³-hybridized carbons (Fsp3) is 0.667. The summed E-state index contributed by atoms with van der Waals surface area (Å²) < 4.78 is 47.5. The third kappa shape index (κ3) is 6.85. The molecule has 1 saturated heterocycles. The molecule has 0 saturated carbocycles. The van der Waals surface area contributed by atoms with Crippen LogP contribution < -0.4 is 15.2 Å². The lowest BCUT2D eigenvalue weighted by Crippen LogP contribution is -2.48. The third-order valence-electron chi connectivity index (χ3n) is 4.36. The van der Waals surface area contributed by atoms with Gasteiger partial charge in [-0.25, -0.2) is 0 Å². The Kier molecular flexibility index (Phi) is 9.00. The summed E-state index contributed by atoms with van der Waals surface area (Å²) in [5.41, 5.74) is 7.08. The maximum atomic E-state index is 12.4. The average molecular weight is 397 g/mol. The van der Waals surface area contributed by atoms with Gasteiger partial charge in [0, 0.05) is 18.6 Å². The Morgan fingerprint density at radius 3 is 2.58 bits per heavy atom. The Bertz CT molecular complexity index is 556. The highest BCUT2D eigenvalue weighted by Gasteiger charge is 2.29. The molecule has 26 heavy (non-hydrogen) atoms. The van der Waals surface area contributed by atoms with E-state index in [1.54, 1.807) is 25.1 Å². The number of nitrogens with zero attached hydrogens (tertiary/aromatic N) is 1. The number of hydrogen-bond acceptors (Lipinski definition) is 4. The van der Waals surface area contributed by atoms with Gasteiger partial charge >= 0.3 is 6.18 Å². The van der Waals surface area contributed by atoms with Crippen molar-refractivity contribution < 1.29 is 22.6 Å². The maximum absolute atomic E-state index is 12.4. The largest absolute Gasteiger partial charge is 0.490 e. The third-order valence-corrected chi connectivity index (χ3v) is 4.36. The van der Waals surface area contributed by atoms with Crippen LogP contribution in [-0.4, -0.2) is 42.9 Å². The summed E-state index contributed by atoms with van der Waals surface area (Å²) in [6, 6.07) is 5.52. The highest BCUT2D eigenvalue weighted by Crippen LogP contribution is 2.31. The van der Waals surface area contributed by atoms with Crippen molar-refractivity contribution in [3.05, 3.63) is 23.8 Å². The van der Waals surface area contributed by atoms with Crippen LogP contribution in [0, 0.1) is 0 Å². The molecule has 0 radical (unpaired) electrons. The number of benzene rings is 1. The van der Waals surface area contributed by atoms with Gasteiger partial charge in [0.15, 0.2) is 18.1 Å². The van der Waals surface area contributed by atoms with Gasteiger partial charge in [-0.3, -0.25) is 4.90 Å². The van der Waals surface area contributed by atoms with Crippen molar-refractivity contribution in [1.29, 1.82) is 0 Å². The first kappa shape index (κ1) is 22.9. The van der Waals surface area contributed by atoms with Crippen LogP contribution in [0.2, 0.25) is 0 Å². The van der Waals surface area contributed by atoms with Crippen molar-refractivity contribution in [2.45, 2.75) is 57.9 Å². The first-order valence-electron chi connectivity index (χ1n) is 8.75. The molecule has 2 unspecified atom stereocenters. The lowest BCUT2D eigenvalue weighted by Gasteiger charge is -2.38. The van der Waals surface area contributed by atoms with E-state index in [4.69, 9.17) is 15.2 Å². The van der Waals surface area contributed by atoms with Crippen LogP contribution in [0.3, 0.4) is 0 Å². The lowest BCUT2D eigenvalue weighted by atomic mass is 9.96. The van der Waals surface area contributed by atoms with E-state index in [0.29, 0.717) is 24.9 Å². The second-order valence-electron chi connectivity index (χ2n) is 6.51. The molecule has 4 nitrogen and oxygen atoms in total. The minimum atomic E-state index is -4.37. The van der Waals surface area contributed by atoms with Gasteiger partial charge in [-0.1, -0.05) is 12.5 Å². The van der Waals surface area contributed by atoms with E-state index in [0.717, 1.165) is 24.9 Å². The smallest absolute Gasteiger partial charge is 0.422 e. The number of halogens is 4. The zero-order valence-electron chi connectivity index (χ0n) is 15.2. The molecule has 2 rings (SSSR count). The van der Waals surface area contributed by atoms with Crippen molar-refractivity contribution in [3.8, 4) is 11.5 Å². The van der Waals surface area contributed by atoms with Gasteiger partial charge < -0.3 is 15.2 Å². The van der Waals surface area contributed by atoms with Gasteiger partial charge in [-0.05, 0) is 50.9 Å². The highest BCUT2D eigenvalue weighted by molar-refractivity contribution is 5.85. The molecule has 1 fully saturated rings. The molecule has 0 bridgehead atoms. The number of nitrogens with two attached hydrogens (primary N) is 1. The number of ether oxygens (including phenoxy) is 2. The molecule has 0 spiro atoms. The molecule has 0 aromatic heterocycles. The zero-order chi connectivity index (χ0) is 18.4. The van der Waals surface area contributed by atoms with Crippen molar-refractivity contribution in [2.75, 3.05) is 19.8 Å². The second-order valence-corrected chi connectivity index (χ2v) is 6.51. The SMILES string of the molecule is CCOc1cc(CN2CCCCC2C(C)N)ccc1OCC(F)(F)F.Cl. The molecule has 2 N–H and O–H groups in total. The summed E-state index contributed by atoms with van der Waals surface area (Å²) in [6.07, 6.45) is -0.991. The van der Waals surface area contributed by atoms with Crippen molar-refractivity contribution in [1.82, 2.24) is 4.90 Å². The Balaban J connectivity index is 0.00000338. The molecule has 1 aromatic carbocycles. The Labute approximate surface area is 159 Å². The second kappa shape index (κ2) is 10.2. The van der Waals surface area contributed by atoms with E-state index in [1.165, 1.54) is 6.42 Å². The number of likely N-dealkylation sites (tertiary alicyclic amines) is 1. The standard InChI is InChI=1S/C18H27F3N2O2.ClH/c1-3-24-17-10-14(7-8-16(17)25-12-18(19,20)21)11-23-9-5-4-6-15(23)13(2)22;/h7-8,10,13,15H,3-6,9,11-12,22H2,1-2H3;1H. The van der Waals surface area contributed by atoms with Crippen molar-refractivity contribution in [2.24, 2.45) is 5.73 Å². The molecule has 2 atom stereocenters. The number of rotatable bonds is 7. The van der Waals surface area contributed by atoms with E-state index >= 15 is 0 Å². The minimum Gasteiger partial charge on any atom is -0.490 e. The number of piperidine rings is 1. The van der Waals surface area contributed by atoms with Gasteiger partial charge in [-0.2, -0.15) is 13.2 Å². The molecular formula is C18H28ClF3N2O2. The first-order valence-corrected chi connectivity index (χ1v) is 8.75. The summed E-state index contributed by atoms with van der Waals surface area (Å²) in [5.74, 6) is 0.462. The average Bonchev–Trinajstić information content (AvgIpc) is 2.54. The topological polar surface area (TPSA) is 47.7 Å². The highest BCUT2D eigenvalue weighted by atomic mass is 35.5. The van der Waals surface area contributed by atoms with Crippen molar-refractivity contribution >= 4 is 12.4 Å². The summed E-state index contributed by atoms with van der Waals surface area (Å²) in [5, 5.41) is 0. The first-order chi connectivity index (χ1) is 11.8. The van der Waals surface area contributed by atoms with Gasteiger partial charge in [-0.15, -0.1) is 12.4 Å².